The van der Waals surface area contributed by atoms with Gasteiger partial charge in [0.05, 0.1) is 6.61 Å². The van der Waals surface area contributed by atoms with Crippen LogP contribution in [-0.2, 0) is 0 Å². The molecule has 0 unspecified atom stereocenters. The molecule has 19 heavy (non-hydrogen) atoms. The fraction of sp³-hybridized carbons (Fsp3) is 0.467. The summed E-state index contributed by atoms with van der Waals surface area (Å²) in [4.78, 5) is 15.8. The number of hydrogen-bond donors (Lipinski definition) is 2. The van der Waals surface area contributed by atoms with Crippen LogP contribution in [0.5, 0.6) is 0 Å². The molecule has 0 radical (unpaired) electrons. The summed E-state index contributed by atoms with van der Waals surface area (Å²) in [6.45, 7) is 4.95. The van der Waals surface area contributed by atoms with Gasteiger partial charge in [-0.15, -0.1) is 0 Å². The van der Waals surface area contributed by atoms with Crippen LogP contribution in [-0.4, -0.2) is 29.1 Å². The van der Waals surface area contributed by atoms with E-state index in [1.54, 1.807) is 18.3 Å². The molecule has 0 atom stereocenters. The number of aliphatic hydroxyl groups is 1. The molecule has 1 rings (SSSR count). The van der Waals surface area contributed by atoms with E-state index in [9.17, 15) is 4.79 Å². The van der Waals surface area contributed by atoms with Crippen molar-refractivity contribution in [1.29, 1.82) is 0 Å². The minimum atomic E-state index is -0.157. The number of nitrogens with zero attached hydrogens (tertiary/aromatic N) is 1. The Labute approximate surface area is 114 Å². The maximum atomic E-state index is 11.8. The molecule has 0 fully saturated rings. The zero-order valence-corrected chi connectivity index (χ0v) is 11.4. The van der Waals surface area contributed by atoms with Gasteiger partial charge in [0.1, 0.15) is 5.69 Å². The Kier molecular flexibility index (Phi) is 6.62. The molecule has 102 valence electrons. The lowest BCUT2D eigenvalue weighted by Gasteiger charge is -2.06. The van der Waals surface area contributed by atoms with Gasteiger partial charge in [-0.3, -0.25) is 4.79 Å². The van der Waals surface area contributed by atoms with E-state index in [1.807, 2.05) is 0 Å². The standard InChI is InChI=1S/C15H20N2O2/c1-12(2)8-9-16-15(19)14-7-6-13(11-17-14)5-3-4-10-18/h6-7,11-12,18H,4,8-10H2,1-2H3,(H,16,19). The van der Waals surface area contributed by atoms with Crippen LogP contribution in [0.1, 0.15) is 42.7 Å². The Balaban J connectivity index is 2.51. The minimum absolute atomic E-state index is 0.0524. The highest BCUT2D eigenvalue weighted by Crippen LogP contribution is 2.00. The fourth-order valence-corrected chi connectivity index (χ4v) is 1.39. The number of rotatable bonds is 5. The molecule has 0 bridgehead atoms. The first-order chi connectivity index (χ1) is 9.13. The fourth-order valence-electron chi connectivity index (χ4n) is 1.39. The summed E-state index contributed by atoms with van der Waals surface area (Å²) in [7, 11) is 0. The number of nitrogens with one attached hydrogen (secondary N) is 1. The predicted octanol–water partition coefficient (Wildman–Crippen LogP) is 1.59. The van der Waals surface area contributed by atoms with Crippen LogP contribution in [0, 0.1) is 17.8 Å². The highest BCUT2D eigenvalue weighted by Gasteiger charge is 2.06. The van der Waals surface area contributed by atoms with Crippen molar-refractivity contribution >= 4 is 5.91 Å². The van der Waals surface area contributed by atoms with E-state index in [4.69, 9.17) is 5.11 Å². The SMILES string of the molecule is CC(C)CCNC(=O)c1ccc(C#CCCO)cn1. The lowest BCUT2D eigenvalue weighted by molar-refractivity contribution is 0.0947. The molecular weight excluding hydrogens is 240 g/mol. The van der Waals surface area contributed by atoms with Gasteiger partial charge in [0.2, 0.25) is 0 Å². The normalized spacial score (nSPS) is 9.89. The summed E-state index contributed by atoms with van der Waals surface area (Å²) in [6.07, 6.45) is 2.97. The predicted molar refractivity (Wildman–Crippen MR) is 74.6 cm³/mol. The van der Waals surface area contributed by atoms with Crippen molar-refractivity contribution in [2.24, 2.45) is 5.92 Å². The number of carbonyl (C=O) groups is 1. The zero-order chi connectivity index (χ0) is 14.1. The highest BCUT2D eigenvalue weighted by molar-refractivity contribution is 5.92. The number of amides is 1. The Morgan fingerprint density at radius 1 is 1.47 bits per heavy atom. The molecule has 4 heteroatoms. The Hall–Kier alpha value is -1.86. The van der Waals surface area contributed by atoms with Crippen LogP contribution >= 0.6 is 0 Å². The van der Waals surface area contributed by atoms with E-state index in [1.165, 1.54) is 0 Å². The molecule has 2 N–H and O–H groups in total. The maximum absolute atomic E-state index is 11.8. The number of hydrogen-bond acceptors (Lipinski definition) is 3. The third-order valence-electron chi connectivity index (χ3n) is 2.47. The molecule has 0 spiro atoms. The quantitative estimate of drug-likeness (QED) is 0.790. The van der Waals surface area contributed by atoms with Crippen LogP contribution in [0.2, 0.25) is 0 Å². The molecule has 1 amide bonds. The smallest absolute Gasteiger partial charge is 0.269 e. The zero-order valence-electron chi connectivity index (χ0n) is 11.4. The summed E-state index contributed by atoms with van der Waals surface area (Å²) < 4.78 is 0. The summed E-state index contributed by atoms with van der Waals surface area (Å²) in [5.41, 5.74) is 1.14. The van der Waals surface area contributed by atoms with E-state index >= 15 is 0 Å². The first kappa shape index (κ1) is 15.2. The lowest BCUT2D eigenvalue weighted by Crippen LogP contribution is -2.26. The Bertz CT molecular complexity index is 455. The second kappa shape index (κ2) is 8.28. The Morgan fingerprint density at radius 2 is 2.26 bits per heavy atom. The third-order valence-corrected chi connectivity index (χ3v) is 2.47. The van der Waals surface area contributed by atoms with Gasteiger partial charge in [0, 0.05) is 24.7 Å². The van der Waals surface area contributed by atoms with Crippen LogP contribution in [0.3, 0.4) is 0 Å². The van der Waals surface area contributed by atoms with Gasteiger partial charge in [0.25, 0.3) is 5.91 Å². The molecule has 4 nitrogen and oxygen atoms in total. The van der Waals surface area contributed by atoms with E-state index in [-0.39, 0.29) is 12.5 Å². The van der Waals surface area contributed by atoms with Gasteiger partial charge < -0.3 is 10.4 Å². The van der Waals surface area contributed by atoms with Gasteiger partial charge in [-0.25, -0.2) is 4.98 Å². The van der Waals surface area contributed by atoms with E-state index in [2.05, 4.69) is 36.0 Å². The van der Waals surface area contributed by atoms with Gasteiger partial charge >= 0.3 is 0 Å². The largest absolute Gasteiger partial charge is 0.395 e. The average molecular weight is 260 g/mol. The van der Waals surface area contributed by atoms with Crippen LogP contribution in [0.25, 0.3) is 0 Å². The van der Waals surface area contributed by atoms with E-state index < -0.39 is 0 Å². The van der Waals surface area contributed by atoms with Crippen LogP contribution in [0.4, 0.5) is 0 Å². The van der Waals surface area contributed by atoms with E-state index in [0.717, 1.165) is 12.0 Å². The third kappa shape index (κ3) is 6.03. The summed E-state index contributed by atoms with van der Waals surface area (Å²) >= 11 is 0. The highest BCUT2D eigenvalue weighted by atomic mass is 16.2. The van der Waals surface area contributed by atoms with Crippen LogP contribution < -0.4 is 5.32 Å². The van der Waals surface area contributed by atoms with Crippen molar-refractivity contribution < 1.29 is 9.90 Å². The molecule has 0 aromatic carbocycles. The molecule has 1 aromatic heterocycles. The monoisotopic (exact) mass is 260 g/mol. The van der Waals surface area contributed by atoms with Crippen molar-refractivity contribution in [2.45, 2.75) is 26.7 Å². The first-order valence-corrected chi connectivity index (χ1v) is 6.47. The number of carbonyl (C=O) groups excluding carboxylic acids is 1. The van der Waals surface area contributed by atoms with Crippen molar-refractivity contribution in [3.63, 3.8) is 0 Å². The molecule has 0 aliphatic carbocycles. The van der Waals surface area contributed by atoms with E-state index in [0.29, 0.717) is 24.6 Å². The van der Waals surface area contributed by atoms with Crippen molar-refractivity contribution in [3.8, 4) is 11.8 Å². The molecule has 1 heterocycles. The molecule has 1 aromatic rings. The molecule has 0 saturated carbocycles. The minimum Gasteiger partial charge on any atom is -0.395 e. The van der Waals surface area contributed by atoms with Gasteiger partial charge in [0.15, 0.2) is 0 Å². The second-order valence-corrected chi connectivity index (χ2v) is 4.65. The molecular formula is C15H20N2O2. The van der Waals surface area contributed by atoms with Crippen molar-refractivity contribution in [3.05, 3.63) is 29.6 Å². The number of aromatic nitrogens is 1. The molecule has 0 aliphatic rings. The summed E-state index contributed by atoms with van der Waals surface area (Å²) in [5.74, 6) is 6.08. The van der Waals surface area contributed by atoms with Gasteiger partial charge in [-0.1, -0.05) is 25.7 Å². The number of aliphatic hydroxyl groups excluding tert-OH is 1. The van der Waals surface area contributed by atoms with Gasteiger partial charge in [-0.05, 0) is 24.5 Å². The Morgan fingerprint density at radius 3 is 2.84 bits per heavy atom. The second-order valence-electron chi connectivity index (χ2n) is 4.65. The lowest BCUT2D eigenvalue weighted by atomic mass is 10.1. The summed E-state index contributed by atoms with van der Waals surface area (Å²) in [6, 6.07) is 3.42. The average Bonchev–Trinajstić information content (AvgIpc) is 2.39. The van der Waals surface area contributed by atoms with Crippen LogP contribution in [0.15, 0.2) is 18.3 Å². The molecule has 0 saturated heterocycles. The van der Waals surface area contributed by atoms with Crippen molar-refractivity contribution in [2.75, 3.05) is 13.2 Å². The maximum Gasteiger partial charge on any atom is 0.269 e. The summed E-state index contributed by atoms with van der Waals surface area (Å²) in [5, 5.41) is 11.4. The van der Waals surface area contributed by atoms with Gasteiger partial charge in [-0.2, -0.15) is 0 Å². The topological polar surface area (TPSA) is 62.2 Å². The first-order valence-electron chi connectivity index (χ1n) is 6.47. The molecule has 0 aliphatic heterocycles. The number of pyridine rings is 1. The van der Waals surface area contributed by atoms with Crippen molar-refractivity contribution in [1.82, 2.24) is 10.3 Å².